The molecule has 108 valence electrons. The summed E-state index contributed by atoms with van der Waals surface area (Å²) in [6.07, 6.45) is 3.93. The Balaban J connectivity index is 2.31. The highest BCUT2D eigenvalue weighted by atomic mass is 79.9. The lowest BCUT2D eigenvalue weighted by molar-refractivity contribution is 0.357. The van der Waals surface area contributed by atoms with Crippen LogP contribution in [-0.2, 0) is 0 Å². The number of benzene rings is 1. The van der Waals surface area contributed by atoms with Crippen molar-refractivity contribution in [1.82, 2.24) is 5.32 Å². The molecule has 0 saturated carbocycles. The second-order valence-corrected chi connectivity index (χ2v) is 5.84. The fourth-order valence-electron chi connectivity index (χ4n) is 2.61. The van der Waals surface area contributed by atoms with Gasteiger partial charge in [-0.3, -0.25) is 0 Å². The van der Waals surface area contributed by atoms with E-state index in [0.29, 0.717) is 5.92 Å². The van der Waals surface area contributed by atoms with Crippen LogP contribution in [0.5, 0.6) is 0 Å². The molecule has 1 heterocycles. The summed E-state index contributed by atoms with van der Waals surface area (Å²) in [4.78, 5) is 0. The molecule has 20 heavy (non-hydrogen) atoms. The van der Waals surface area contributed by atoms with E-state index in [0.717, 1.165) is 29.6 Å². The standard InChI is InChI=1S/C17H22BrNO/c1-3-11-19-16(17-15(18)10-12-20-17)14(4-2)13-8-6-5-7-9-13/h5-10,12,14,16,19H,3-4,11H2,1-2H3. The van der Waals surface area contributed by atoms with Crippen LogP contribution < -0.4 is 5.32 Å². The predicted octanol–water partition coefficient (Wildman–Crippen LogP) is 5.28. The van der Waals surface area contributed by atoms with Crippen molar-refractivity contribution in [2.45, 2.75) is 38.6 Å². The van der Waals surface area contributed by atoms with E-state index < -0.39 is 0 Å². The Morgan fingerprint density at radius 3 is 2.45 bits per heavy atom. The zero-order chi connectivity index (χ0) is 14.4. The van der Waals surface area contributed by atoms with Gasteiger partial charge in [0, 0.05) is 5.92 Å². The highest BCUT2D eigenvalue weighted by Gasteiger charge is 2.26. The fourth-order valence-corrected chi connectivity index (χ4v) is 3.06. The van der Waals surface area contributed by atoms with Gasteiger partial charge in [-0.25, -0.2) is 0 Å². The summed E-state index contributed by atoms with van der Waals surface area (Å²) < 4.78 is 6.76. The molecule has 0 saturated heterocycles. The maximum atomic E-state index is 5.72. The van der Waals surface area contributed by atoms with Crippen molar-refractivity contribution in [2.75, 3.05) is 6.54 Å². The van der Waals surface area contributed by atoms with Crippen molar-refractivity contribution in [3.63, 3.8) is 0 Å². The molecule has 1 aromatic heterocycles. The minimum Gasteiger partial charge on any atom is -0.466 e. The molecular formula is C17H22BrNO. The summed E-state index contributed by atoms with van der Waals surface area (Å²) >= 11 is 3.60. The van der Waals surface area contributed by atoms with E-state index in [-0.39, 0.29) is 6.04 Å². The van der Waals surface area contributed by atoms with Crippen LogP contribution in [0.15, 0.2) is 51.6 Å². The SMILES string of the molecule is CCCNC(c1occc1Br)C(CC)c1ccccc1. The van der Waals surface area contributed by atoms with E-state index in [1.165, 1.54) is 5.56 Å². The maximum Gasteiger partial charge on any atom is 0.135 e. The first-order chi connectivity index (χ1) is 9.77. The molecule has 2 nitrogen and oxygen atoms in total. The Morgan fingerprint density at radius 1 is 1.15 bits per heavy atom. The lowest BCUT2D eigenvalue weighted by Crippen LogP contribution is -2.27. The number of furan rings is 1. The van der Waals surface area contributed by atoms with Gasteiger partial charge in [-0.05, 0) is 46.9 Å². The number of rotatable bonds is 7. The summed E-state index contributed by atoms with van der Waals surface area (Å²) in [6.45, 7) is 5.40. The van der Waals surface area contributed by atoms with Gasteiger partial charge in [0.2, 0.25) is 0 Å². The van der Waals surface area contributed by atoms with Gasteiger partial charge in [0.25, 0.3) is 0 Å². The van der Waals surface area contributed by atoms with Crippen molar-refractivity contribution in [3.8, 4) is 0 Å². The van der Waals surface area contributed by atoms with Crippen LogP contribution in [0.2, 0.25) is 0 Å². The summed E-state index contributed by atoms with van der Waals surface area (Å²) in [5.41, 5.74) is 1.35. The smallest absolute Gasteiger partial charge is 0.135 e. The maximum absolute atomic E-state index is 5.72. The minimum absolute atomic E-state index is 0.201. The van der Waals surface area contributed by atoms with Crippen molar-refractivity contribution in [2.24, 2.45) is 0 Å². The van der Waals surface area contributed by atoms with Gasteiger partial charge in [0.05, 0.1) is 16.8 Å². The summed E-state index contributed by atoms with van der Waals surface area (Å²) in [5, 5.41) is 3.64. The van der Waals surface area contributed by atoms with Crippen LogP contribution in [0, 0.1) is 0 Å². The van der Waals surface area contributed by atoms with Crippen LogP contribution in [0.25, 0.3) is 0 Å². The molecule has 1 N–H and O–H groups in total. The zero-order valence-corrected chi connectivity index (χ0v) is 13.7. The van der Waals surface area contributed by atoms with Crippen LogP contribution in [0.3, 0.4) is 0 Å². The van der Waals surface area contributed by atoms with Crippen molar-refractivity contribution in [1.29, 1.82) is 0 Å². The molecule has 2 rings (SSSR count). The Bertz CT molecular complexity index is 509. The molecule has 2 aromatic rings. The van der Waals surface area contributed by atoms with Gasteiger partial charge in [-0.15, -0.1) is 0 Å². The van der Waals surface area contributed by atoms with E-state index in [2.05, 4.69) is 65.4 Å². The quantitative estimate of drug-likeness (QED) is 0.744. The molecule has 2 unspecified atom stereocenters. The molecule has 3 heteroatoms. The molecule has 0 amide bonds. The molecule has 0 aliphatic heterocycles. The van der Waals surface area contributed by atoms with Crippen LogP contribution >= 0.6 is 15.9 Å². The summed E-state index contributed by atoms with van der Waals surface area (Å²) in [6, 6.07) is 12.8. The zero-order valence-electron chi connectivity index (χ0n) is 12.1. The summed E-state index contributed by atoms with van der Waals surface area (Å²) in [5.74, 6) is 1.40. The average Bonchev–Trinajstić information content (AvgIpc) is 2.90. The second-order valence-electron chi connectivity index (χ2n) is 4.99. The fraction of sp³-hybridized carbons (Fsp3) is 0.412. The van der Waals surface area contributed by atoms with Gasteiger partial charge in [0.1, 0.15) is 5.76 Å². The van der Waals surface area contributed by atoms with E-state index in [4.69, 9.17) is 4.42 Å². The third kappa shape index (κ3) is 3.53. The molecule has 0 radical (unpaired) electrons. The van der Waals surface area contributed by atoms with Gasteiger partial charge < -0.3 is 9.73 Å². The van der Waals surface area contributed by atoms with E-state index in [1.54, 1.807) is 6.26 Å². The topological polar surface area (TPSA) is 25.2 Å². The molecule has 2 atom stereocenters. The van der Waals surface area contributed by atoms with Crippen LogP contribution in [-0.4, -0.2) is 6.54 Å². The lowest BCUT2D eigenvalue weighted by atomic mass is 9.87. The molecule has 0 spiro atoms. The highest BCUT2D eigenvalue weighted by Crippen LogP contribution is 2.37. The second kappa shape index (κ2) is 7.65. The van der Waals surface area contributed by atoms with Crippen molar-refractivity contribution >= 4 is 15.9 Å². The number of nitrogens with one attached hydrogen (secondary N) is 1. The number of halogens is 1. The first-order valence-corrected chi connectivity index (χ1v) is 8.08. The summed E-state index contributed by atoms with van der Waals surface area (Å²) in [7, 11) is 0. The molecular weight excluding hydrogens is 314 g/mol. The lowest BCUT2D eigenvalue weighted by Gasteiger charge is -2.26. The van der Waals surface area contributed by atoms with Crippen LogP contribution in [0.1, 0.15) is 50.0 Å². The molecule has 0 fully saturated rings. The van der Waals surface area contributed by atoms with Crippen LogP contribution in [0.4, 0.5) is 0 Å². The monoisotopic (exact) mass is 335 g/mol. The van der Waals surface area contributed by atoms with E-state index >= 15 is 0 Å². The van der Waals surface area contributed by atoms with Gasteiger partial charge in [-0.2, -0.15) is 0 Å². The first-order valence-electron chi connectivity index (χ1n) is 7.29. The van der Waals surface area contributed by atoms with E-state index in [9.17, 15) is 0 Å². The minimum atomic E-state index is 0.201. The highest BCUT2D eigenvalue weighted by molar-refractivity contribution is 9.10. The average molecular weight is 336 g/mol. The Labute approximate surface area is 129 Å². The predicted molar refractivity (Wildman–Crippen MR) is 86.9 cm³/mol. The van der Waals surface area contributed by atoms with Gasteiger partial charge in [-0.1, -0.05) is 44.2 Å². The largest absolute Gasteiger partial charge is 0.466 e. The third-order valence-corrected chi connectivity index (χ3v) is 4.27. The first kappa shape index (κ1) is 15.3. The Morgan fingerprint density at radius 2 is 1.90 bits per heavy atom. The number of hydrogen-bond acceptors (Lipinski definition) is 2. The van der Waals surface area contributed by atoms with Crippen molar-refractivity contribution in [3.05, 3.63) is 58.5 Å². The normalized spacial score (nSPS) is 14.2. The Hall–Kier alpha value is -1.06. The van der Waals surface area contributed by atoms with Gasteiger partial charge in [0.15, 0.2) is 0 Å². The van der Waals surface area contributed by atoms with Crippen molar-refractivity contribution < 1.29 is 4.42 Å². The molecule has 0 bridgehead atoms. The van der Waals surface area contributed by atoms with Gasteiger partial charge >= 0.3 is 0 Å². The molecule has 0 aliphatic carbocycles. The Kier molecular flexibility index (Phi) is 5.86. The van der Waals surface area contributed by atoms with E-state index in [1.807, 2.05) is 6.07 Å². The third-order valence-electron chi connectivity index (χ3n) is 3.61. The molecule has 0 aliphatic rings. The molecule has 1 aromatic carbocycles. The number of hydrogen-bond donors (Lipinski definition) is 1.